The van der Waals surface area contributed by atoms with Crippen LogP contribution in [-0.4, -0.2) is 75.0 Å². The van der Waals surface area contributed by atoms with Crippen LogP contribution in [0.2, 0.25) is 0 Å². The maximum absolute atomic E-state index is 13.0. The SMILES string of the molecule is CCCn1cc(C(=O)C(C)OC(=O)OC(C)C(=O)c2cn(CCC)nc2OC(=O)OCC)c(OC(=O)OCC)n1. The molecule has 0 N–H and O–H groups in total. The molecule has 0 saturated heterocycles. The lowest BCUT2D eigenvalue weighted by molar-refractivity contribution is 0.0106. The summed E-state index contributed by atoms with van der Waals surface area (Å²) in [7, 11) is 0. The molecule has 0 spiro atoms. The van der Waals surface area contributed by atoms with Gasteiger partial charge in [-0.3, -0.25) is 19.0 Å². The third kappa shape index (κ3) is 8.81. The van der Waals surface area contributed by atoms with Crippen molar-refractivity contribution in [2.45, 2.75) is 79.7 Å². The number of carbonyl (C=O) groups excluding carboxylic acids is 5. The van der Waals surface area contributed by atoms with Crippen LogP contribution in [0.15, 0.2) is 12.4 Å². The summed E-state index contributed by atoms with van der Waals surface area (Å²) in [6, 6.07) is 0. The molecule has 15 heteroatoms. The first-order chi connectivity index (χ1) is 19.0. The van der Waals surface area contributed by atoms with Crippen LogP contribution in [0.3, 0.4) is 0 Å². The van der Waals surface area contributed by atoms with Crippen molar-refractivity contribution in [1.29, 1.82) is 0 Å². The normalized spacial score (nSPS) is 12.2. The van der Waals surface area contributed by atoms with Crippen LogP contribution in [0.1, 0.15) is 75.1 Å². The van der Waals surface area contributed by atoms with Gasteiger partial charge in [0.25, 0.3) is 11.8 Å². The van der Waals surface area contributed by atoms with Crippen molar-refractivity contribution < 1.29 is 52.4 Å². The minimum absolute atomic E-state index is 0.0515. The van der Waals surface area contributed by atoms with E-state index < -0.39 is 42.2 Å². The number of aromatic nitrogens is 4. The zero-order valence-corrected chi connectivity index (χ0v) is 23.3. The second-order valence-corrected chi connectivity index (χ2v) is 8.29. The summed E-state index contributed by atoms with van der Waals surface area (Å²) in [4.78, 5) is 62.0. The van der Waals surface area contributed by atoms with E-state index in [4.69, 9.17) is 28.4 Å². The van der Waals surface area contributed by atoms with Gasteiger partial charge < -0.3 is 28.4 Å². The molecule has 0 aliphatic heterocycles. The average Bonchev–Trinajstić information content (AvgIpc) is 3.46. The summed E-state index contributed by atoms with van der Waals surface area (Å²) >= 11 is 0. The van der Waals surface area contributed by atoms with E-state index >= 15 is 0 Å². The molecule has 2 unspecified atom stereocenters. The number of ether oxygens (including phenoxy) is 6. The Labute approximate surface area is 230 Å². The Bertz CT molecular complexity index is 1110. The Morgan fingerprint density at radius 1 is 0.675 bits per heavy atom. The van der Waals surface area contributed by atoms with E-state index in [1.807, 2.05) is 13.8 Å². The molecule has 2 rings (SSSR count). The number of aryl methyl sites for hydroxylation is 2. The zero-order chi connectivity index (χ0) is 29.8. The minimum Gasteiger partial charge on any atom is -0.434 e. The quantitative estimate of drug-likeness (QED) is 0.182. The molecule has 0 aliphatic rings. The molecule has 0 aromatic carbocycles. The lowest BCUT2D eigenvalue weighted by atomic mass is 10.1. The average molecular weight is 567 g/mol. The van der Waals surface area contributed by atoms with Crippen LogP contribution in [0.4, 0.5) is 14.4 Å². The van der Waals surface area contributed by atoms with E-state index in [1.54, 1.807) is 13.8 Å². The molecular formula is C25H34N4O11. The molecule has 0 saturated carbocycles. The van der Waals surface area contributed by atoms with E-state index in [0.29, 0.717) is 25.9 Å². The van der Waals surface area contributed by atoms with Gasteiger partial charge in [0.2, 0.25) is 11.6 Å². The molecular weight excluding hydrogens is 532 g/mol. The number of rotatable bonds is 14. The van der Waals surface area contributed by atoms with Gasteiger partial charge in [0.05, 0.1) is 13.2 Å². The number of ketones is 2. The number of hydrogen-bond donors (Lipinski definition) is 0. The van der Waals surface area contributed by atoms with Crippen LogP contribution < -0.4 is 9.47 Å². The summed E-state index contributed by atoms with van der Waals surface area (Å²) in [5.74, 6) is -2.07. The lowest BCUT2D eigenvalue weighted by Crippen LogP contribution is -2.30. The van der Waals surface area contributed by atoms with Gasteiger partial charge in [-0.1, -0.05) is 13.8 Å². The summed E-state index contributed by atoms with van der Waals surface area (Å²) in [6.07, 6.45) is -2.12. The first kappa shape index (κ1) is 31.8. The predicted molar refractivity (Wildman–Crippen MR) is 135 cm³/mol. The summed E-state index contributed by atoms with van der Waals surface area (Å²) < 4.78 is 32.5. The second-order valence-electron chi connectivity index (χ2n) is 8.29. The highest BCUT2D eigenvalue weighted by Crippen LogP contribution is 2.22. The van der Waals surface area contributed by atoms with Crippen LogP contribution in [0.5, 0.6) is 11.8 Å². The van der Waals surface area contributed by atoms with Crippen molar-refractivity contribution >= 4 is 30.0 Å². The molecule has 0 fully saturated rings. The van der Waals surface area contributed by atoms with Gasteiger partial charge in [0.15, 0.2) is 12.2 Å². The third-order valence-electron chi connectivity index (χ3n) is 5.06. The van der Waals surface area contributed by atoms with E-state index in [0.717, 1.165) is 0 Å². The van der Waals surface area contributed by atoms with Crippen molar-refractivity contribution in [1.82, 2.24) is 19.6 Å². The van der Waals surface area contributed by atoms with Crippen LogP contribution in [-0.2, 0) is 32.0 Å². The van der Waals surface area contributed by atoms with Gasteiger partial charge >= 0.3 is 18.5 Å². The van der Waals surface area contributed by atoms with Gasteiger partial charge in [-0.2, -0.15) is 0 Å². The largest absolute Gasteiger partial charge is 0.515 e. The number of Topliss-reactive ketones (excluding diaryl/α,β-unsaturated/α-hetero) is 2. The van der Waals surface area contributed by atoms with E-state index in [2.05, 4.69) is 10.2 Å². The van der Waals surface area contributed by atoms with Crippen LogP contribution in [0.25, 0.3) is 0 Å². The Morgan fingerprint density at radius 3 is 1.38 bits per heavy atom. The predicted octanol–water partition coefficient (Wildman–Crippen LogP) is 3.97. The fraction of sp³-hybridized carbons (Fsp3) is 0.560. The fourth-order valence-electron chi connectivity index (χ4n) is 3.30. The van der Waals surface area contributed by atoms with Gasteiger partial charge in [-0.05, 0) is 40.5 Å². The van der Waals surface area contributed by atoms with Crippen molar-refractivity contribution in [3.63, 3.8) is 0 Å². The molecule has 2 atom stereocenters. The molecule has 2 aromatic rings. The third-order valence-corrected chi connectivity index (χ3v) is 5.06. The molecule has 0 amide bonds. The minimum atomic E-state index is -1.39. The van der Waals surface area contributed by atoms with Crippen molar-refractivity contribution in [3.05, 3.63) is 23.5 Å². The Hall–Kier alpha value is -4.43. The van der Waals surface area contributed by atoms with Gasteiger partial charge in [0, 0.05) is 25.5 Å². The second kappa shape index (κ2) is 15.2. The molecule has 0 radical (unpaired) electrons. The first-order valence-electron chi connectivity index (χ1n) is 12.8. The highest BCUT2D eigenvalue weighted by atomic mass is 16.7. The van der Waals surface area contributed by atoms with Crippen molar-refractivity contribution in [2.75, 3.05) is 13.2 Å². The molecule has 2 aromatic heterocycles. The first-order valence-corrected chi connectivity index (χ1v) is 12.8. The molecule has 220 valence electrons. The Kier molecular flexibility index (Phi) is 12.1. The molecule has 2 heterocycles. The van der Waals surface area contributed by atoms with E-state index in [9.17, 15) is 24.0 Å². The lowest BCUT2D eigenvalue weighted by Gasteiger charge is -2.15. The molecule has 0 bridgehead atoms. The number of nitrogens with zero attached hydrogens (tertiary/aromatic N) is 4. The van der Waals surface area contributed by atoms with Crippen LogP contribution in [0, 0.1) is 0 Å². The summed E-state index contributed by atoms with van der Waals surface area (Å²) in [5, 5.41) is 8.14. The van der Waals surface area contributed by atoms with Crippen molar-refractivity contribution in [2.24, 2.45) is 0 Å². The van der Waals surface area contributed by atoms with Crippen LogP contribution >= 0.6 is 0 Å². The topological polar surface area (TPSA) is 176 Å². The fourth-order valence-corrected chi connectivity index (χ4v) is 3.30. The maximum Gasteiger partial charge on any atom is 0.515 e. The molecule has 40 heavy (non-hydrogen) atoms. The van der Waals surface area contributed by atoms with Gasteiger partial charge in [0.1, 0.15) is 11.1 Å². The standard InChI is InChI=1S/C25H34N4O11/c1-7-11-28-13-17(21(26-28)39-23(32)35-9-3)19(30)15(5)37-25(34)38-16(6)20(31)18-14-29(12-8-2)27-22(18)40-24(33)36-10-4/h13-16H,7-12H2,1-6H3. The van der Waals surface area contributed by atoms with Gasteiger partial charge in [-0.25, -0.2) is 14.4 Å². The maximum atomic E-state index is 13.0. The number of carbonyl (C=O) groups is 5. The smallest absolute Gasteiger partial charge is 0.434 e. The molecule has 0 aliphatic carbocycles. The van der Waals surface area contributed by atoms with Gasteiger partial charge in [-0.15, -0.1) is 10.2 Å². The Morgan fingerprint density at radius 2 is 1.05 bits per heavy atom. The number of hydrogen-bond acceptors (Lipinski definition) is 13. The monoisotopic (exact) mass is 566 g/mol. The van der Waals surface area contributed by atoms with Crippen molar-refractivity contribution in [3.8, 4) is 11.8 Å². The highest BCUT2D eigenvalue weighted by Gasteiger charge is 2.31. The summed E-state index contributed by atoms with van der Waals surface area (Å²) in [6.45, 7) is 10.5. The summed E-state index contributed by atoms with van der Waals surface area (Å²) in [5.41, 5.74) is -0.231. The van der Waals surface area contributed by atoms with E-state index in [-0.39, 0.29) is 36.1 Å². The Balaban J connectivity index is 2.11. The van der Waals surface area contributed by atoms with E-state index in [1.165, 1.54) is 35.6 Å². The highest BCUT2D eigenvalue weighted by molar-refractivity contribution is 6.03. The zero-order valence-electron chi connectivity index (χ0n) is 23.3. The molecule has 15 nitrogen and oxygen atoms in total.